The van der Waals surface area contributed by atoms with Gasteiger partial charge in [-0.15, -0.1) is 6.58 Å². The Morgan fingerprint density at radius 3 is 2.47 bits per heavy atom. The third kappa shape index (κ3) is 6.70. The van der Waals surface area contributed by atoms with E-state index in [4.69, 9.17) is 9.47 Å². The summed E-state index contributed by atoms with van der Waals surface area (Å²) >= 11 is 0. The van der Waals surface area contributed by atoms with Crippen LogP contribution < -0.4 is 5.32 Å². The summed E-state index contributed by atoms with van der Waals surface area (Å²) in [5.41, 5.74) is 0. The molecule has 6 nitrogen and oxygen atoms in total. The van der Waals surface area contributed by atoms with Gasteiger partial charge >= 0.3 is 5.97 Å². The molecule has 0 saturated heterocycles. The number of amides is 1. The standard InChI is InChI=1S/C11H19NO5/c1-5-10(17-7-15-3)9(12-8(2)13)6-11(14)16-4/h5,9-10H,1,6-7H2,2-4H3,(H,12,13)/t9-,10-/m0/s1. The van der Waals surface area contributed by atoms with Gasteiger partial charge in [-0.3, -0.25) is 9.59 Å². The highest BCUT2D eigenvalue weighted by Gasteiger charge is 2.23. The second kappa shape index (κ2) is 8.72. The highest BCUT2D eigenvalue weighted by Crippen LogP contribution is 2.07. The molecule has 6 heteroatoms. The van der Waals surface area contributed by atoms with Crippen molar-refractivity contribution in [3.8, 4) is 0 Å². The summed E-state index contributed by atoms with van der Waals surface area (Å²) in [5.74, 6) is -0.691. The molecule has 17 heavy (non-hydrogen) atoms. The van der Waals surface area contributed by atoms with Crippen LogP contribution in [0.5, 0.6) is 0 Å². The molecule has 1 amide bonds. The van der Waals surface area contributed by atoms with Gasteiger partial charge in [0.25, 0.3) is 0 Å². The van der Waals surface area contributed by atoms with E-state index >= 15 is 0 Å². The molecule has 0 aromatic carbocycles. The highest BCUT2D eigenvalue weighted by molar-refractivity contribution is 5.75. The Bertz CT molecular complexity index is 267. The number of methoxy groups -OCH3 is 2. The van der Waals surface area contributed by atoms with E-state index in [1.165, 1.54) is 27.2 Å². The van der Waals surface area contributed by atoms with Crippen LogP contribution in [0.2, 0.25) is 0 Å². The molecule has 0 heterocycles. The predicted octanol–water partition coefficient (Wildman–Crippen LogP) is 0.229. The Morgan fingerprint density at radius 2 is 2.06 bits per heavy atom. The number of hydrogen-bond acceptors (Lipinski definition) is 5. The minimum Gasteiger partial charge on any atom is -0.469 e. The van der Waals surface area contributed by atoms with Crippen molar-refractivity contribution >= 4 is 11.9 Å². The lowest BCUT2D eigenvalue weighted by Gasteiger charge is -2.24. The van der Waals surface area contributed by atoms with Gasteiger partial charge < -0.3 is 19.5 Å². The van der Waals surface area contributed by atoms with Crippen molar-refractivity contribution in [1.82, 2.24) is 5.32 Å². The number of carbonyl (C=O) groups is 2. The van der Waals surface area contributed by atoms with E-state index in [-0.39, 0.29) is 19.1 Å². The molecule has 98 valence electrons. The van der Waals surface area contributed by atoms with E-state index in [1.807, 2.05) is 0 Å². The zero-order valence-corrected chi connectivity index (χ0v) is 10.4. The monoisotopic (exact) mass is 245 g/mol. The maximum atomic E-state index is 11.2. The molecule has 2 atom stereocenters. The molecule has 0 aromatic heterocycles. The lowest BCUT2D eigenvalue weighted by atomic mass is 10.1. The van der Waals surface area contributed by atoms with Crippen LogP contribution >= 0.6 is 0 Å². The van der Waals surface area contributed by atoms with E-state index in [9.17, 15) is 9.59 Å². The van der Waals surface area contributed by atoms with Gasteiger partial charge in [0.15, 0.2) is 0 Å². The summed E-state index contributed by atoms with van der Waals surface area (Å²) in [6, 6.07) is -0.521. The predicted molar refractivity (Wildman–Crippen MR) is 61.2 cm³/mol. The number of esters is 1. The Hall–Kier alpha value is -1.40. The lowest BCUT2D eigenvalue weighted by Crippen LogP contribution is -2.44. The molecule has 0 aliphatic carbocycles. The van der Waals surface area contributed by atoms with Gasteiger partial charge in [0.2, 0.25) is 5.91 Å². The van der Waals surface area contributed by atoms with Gasteiger partial charge in [-0.25, -0.2) is 0 Å². The van der Waals surface area contributed by atoms with Crippen LogP contribution in [-0.2, 0) is 23.8 Å². The molecule has 1 N–H and O–H groups in total. The van der Waals surface area contributed by atoms with Crippen molar-refractivity contribution in [1.29, 1.82) is 0 Å². The zero-order chi connectivity index (χ0) is 13.3. The van der Waals surface area contributed by atoms with Gasteiger partial charge in [-0.2, -0.15) is 0 Å². The second-order valence-corrected chi connectivity index (χ2v) is 3.36. The van der Waals surface area contributed by atoms with Crippen LogP contribution in [0.1, 0.15) is 13.3 Å². The van der Waals surface area contributed by atoms with Crippen LogP contribution in [-0.4, -0.2) is 45.0 Å². The molecule has 0 spiro atoms. The molecule has 0 rings (SSSR count). The third-order valence-corrected chi connectivity index (χ3v) is 2.01. The molecule has 0 aromatic rings. The fourth-order valence-electron chi connectivity index (χ4n) is 1.27. The van der Waals surface area contributed by atoms with E-state index < -0.39 is 18.1 Å². The summed E-state index contributed by atoms with van der Waals surface area (Å²) in [7, 11) is 2.76. The molecular formula is C11H19NO5. The second-order valence-electron chi connectivity index (χ2n) is 3.36. The van der Waals surface area contributed by atoms with Crippen LogP contribution in [0.25, 0.3) is 0 Å². The van der Waals surface area contributed by atoms with Crippen LogP contribution in [0.4, 0.5) is 0 Å². The molecule has 0 unspecified atom stereocenters. The Balaban J connectivity index is 4.54. The Labute approximate surface area is 101 Å². The number of nitrogens with one attached hydrogen (secondary N) is 1. The Kier molecular flexibility index (Phi) is 8.00. The normalized spacial score (nSPS) is 13.6. The van der Waals surface area contributed by atoms with E-state index in [1.54, 1.807) is 0 Å². The lowest BCUT2D eigenvalue weighted by molar-refractivity contribution is -0.143. The largest absolute Gasteiger partial charge is 0.469 e. The summed E-state index contributed by atoms with van der Waals surface area (Å²) in [5, 5.41) is 2.61. The number of rotatable bonds is 8. The van der Waals surface area contributed by atoms with Gasteiger partial charge in [-0.1, -0.05) is 6.08 Å². The highest BCUT2D eigenvalue weighted by atomic mass is 16.7. The topological polar surface area (TPSA) is 73.9 Å². The van der Waals surface area contributed by atoms with E-state index in [2.05, 4.69) is 16.6 Å². The van der Waals surface area contributed by atoms with E-state index in [0.717, 1.165) is 0 Å². The minimum absolute atomic E-state index is 0.0104. The summed E-state index contributed by atoms with van der Waals surface area (Å²) in [4.78, 5) is 22.2. The first-order chi connectivity index (χ1) is 8.04. The van der Waals surface area contributed by atoms with Crippen molar-refractivity contribution in [3.05, 3.63) is 12.7 Å². The van der Waals surface area contributed by atoms with Crippen LogP contribution in [0.3, 0.4) is 0 Å². The number of carbonyl (C=O) groups excluding carboxylic acids is 2. The average molecular weight is 245 g/mol. The molecule has 0 fully saturated rings. The molecule has 0 saturated carbocycles. The first-order valence-electron chi connectivity index (χ1n) is 5.12. The zero-order valence-electron chi connectivity index (χ0n) is 10.4. The maximum absolute atomic E-state index is 11.2. The van der Waals surface area contributed by atoms with Crippen molar-refractivity contribution in [2.24, 2.45) is 0 Å². The fourth-order valence-corrected chi connectivity index (χ4v) is 1.27. The first kappa shape index (κ1) is 15.6. The molecule has 0 aliphatic heterocycles. The summed E-state index contributed by atoms with van der Waals surface area (Å²) < 4.78 is 14.6. The minimum atomic E-state index is -0.521. The van der Waals surface area contributed by atoms with Gasteiger partial charge in [-0.05, 0) is 0 Å². The summed E-state index contributed by atoms with van der Waals surface area (Å²) in [6.07, 6.45) is 0.997. The molecule has 0 bridgehead atoms. The molecular weight excluding hydrogens is 226 g/mol. The van der Waals surface area contributed by atoms with Crippen molar-refractivity contribution in [2.75, 3.05) is 21.0 Å². The number of hydrogen-bond donors (Lipinski definition) is 1. The van der Waals surface area contributed by atoms with Crippen LogP contribution in [0.15, 0.2) is 12.7 Å². The van der Waals surface area contributed by atoms with Crippen LogP contribution in [0, 0.1) is 0 Å². The van der Waals surface area contributed by atoms with Gasteiger partial charge in [0.05, 0.1) is 25.7 Å². The summed E-state index contributed by atoms with van der Waals surface area (Å²) in [6.45, 7) is 5.00. The van der Waals surface area contributed by atoms with Gasteiger partial charge in [0, 0.05) is 14.0 Å². The average Bonchev–Trinajstić information content (AvgIpc) is 2.28. The quantitative estimate of drug-likeness (QED) is 0.376. The first-order valence-corrected chi connectivity index (χ1v) is 5.12. The smallest absolute Gasteiger partial charge is 0.307 e. The van der Waals surface area contributed by atoms with Crippen molar-refractivity contribution in [3.63, 3.8) is 0 Å². The van der Waals surface area contributed by atoms with Crippen molar-refractivity contribution < 1.29 is 23.8 Å². The Morgan fingerprint density at radius 1 is 1.41 bits per heavy atom. The van der Waals surface area contributed by atoms with E-state index in [0.29, 0.717) is 0 Å². The fraction of sp³-hybridized carbons (Fsp3) is 0.636. The maximum Gasteiger partial charge on any atom is 0.307 e. The van der Waals surface area contributed by atoms with Crippen molar-refractivity contribution in [2.45, 2.75) is 25.5 Å². The third-order valence-electron chi connectivity index (χ3n) is 2.01. The SMILES string of the molecule is C=C[C@H](OCOC)[C@H](CC(=O)OC)NC(C)=O. The molecule has 0 radical (unpaired) electrons. The molecule has 0 aliphatic rings. The van der Waals surface area contributed by atoms with Gasteiger partial charge in [0.1, 0.15) is 6.79 Å². The number of ether oxygens (including phenoxy) is 3.